The van der Waals surface area contributed by atoms with E-state index in [9.17, 15) is 14.7 Å². The van der Waals surface area contributed by atoms with Crippen molar-refractivity contribution in [3.8, 4) is 5.75 Å². The molecule has 11 heteroatoms. The SMILES string of the molecule is COc1ccc([Si](C)(C)[C@H]2[C@H](CC(=O)N(CCO)Cc3ccccc3)O[C@@]3(C(=O)N(c4ccccc4)c4ccc(NC(=O)Cc5c[nH]c6ccccc56)cc43)[C@@H]2C)cc1. The van der Waals surface area contributed by atoms with Gasteiger partial charge in [-0.2, -0.15) is 0 Å². The molecule has 4 atom stereocenters. The van der Waals surface area contributed by atoms with Crippen molar-refractivity contribution >= 4 is 58.9 Å². The maximum absolute atomic E-state index is 15.4. The summed E-state index contributed by atoms with van der Waals surface area (Å²) < 4.78 is 12.8. The first-order valence-corrected chi connectivity index (χ1v) is 23.3. The highest BCUT2D eigenvalue weighted by molar-refractivity contribution is 6.91. The lowest BCUT2D eigenvalue weighted by Crippen LogP contribution is -2.52. The molecule has 2 aliphatic rings. The number of aromatic amines is 1. The Morgan fingerprint density at radius 2 is 1.63 bits per heavy atom. The molecule has 59 heavy (non-hydrogen) atoms. The number of H-pyrrole nitrogens is 1. The highest BCUT2D eigenvalue weighted by atomic mass is 28.3. The molecule has 5 aromatic carbocycles. The number of aliphatic hydroxyl groups excluding tert-OH is 1. The average Bonchev–Trinajstić information content (AvgIpc) is 3.87. The fourth-order valence-corrected chi connectivity index (χ4v) is 13.5. The van der Waals surface area contributed by atoms with Crippen molar-refractivity contribution in [2.24, 2.45) is 5.92 Å². The van der Waals surface area contributed by atoms with Crippen molar-refractivity contribution in [1.29, 1.82) is 0 Å². The molecule has 1 aromatic heterocycles. The number of methoxy groups -OCH3 is 1. The number of ether oxygens (including phenoxy) is 2. The molecule has 6 aromatic rings. The summed E-state index contributed by atoms with van der Waals surface area (Å²) >= 11 is 0. The lowest BCUT2D eigenvalue weighted by atomic mass is 9.82. The van der Waals surface area contributed by atoms with Gasteiger partial charge in [0, 0.05) is 53.0 Å². The van der Waals surface area contributed by atoms with Crippen LogP contribution in [0.5, 0.6) is 5.75 Å². The molecule has 3 N–H and O–H groups in total. The summed E-state index contributed by atoms with van der Waals surface area (Å²) in [4.78, 5) is 50.2. The maximum Gasteiger partial charge on any atom is 0.268 e. The number of carbonyl (C=O) groups excluding carboxylic acids is 3. The van der Waals surface area contributed by atoms with Gasteiger partial charge in [0.15, 0.2) is 5.60 Å². The molecule has 8 rings (SSSR count). The Balaban J connectivity index is 1.20. The Morgan fingerprint density at radius 1 is 0.932 bits per heavy atom. The zero-order valence-electron chi connectivity index (χ0n) is 33.9. The Hall–Kier alpha value is -6.01. The second kappa shape index (κ2) is 16.3. The van der Waals surface area contributed by atoms with Gasteiger partial charge < -0.3 is 29.8 Å². The highest BCUT2D eigenvalue weighted by Crippen LogP contribution is 2.61. The Morgan fingerprint density at radius 3 is 2.34 bits per heavy atom. The van der Waals surface area contributed by atoms with Gasteiger partial charge in [0.1, 0.15) is 5.75 Å². The number of nitrogens with zero attached hydrogens (tertiary/aromatic N) is 2. The van der Waals surface area contributed by atoms with Gasteiger partial charge in [0.2, 0.25) is 11.8 Å². The van der Waals surface area contributed by atoms with E-state index in [2.05, 4.69) is 42.5 Å². The van der Waals surface area contributed by atoms with Crippen LogP contribution in [0.1, 0.15) is 30.0 Å². The zero-order valence-corrected chi connectivity index (χ0v) is 34.9. The van der Waals surface area contributed by atoms with Crippen LogP contribution in [0.25, 0.3) is 10.9 Å². The van der Waals surface area contributed by atoms with E-state index in [0.29, 0.717) is 29.2 Å². The van der Waals surface area contributed by atoms with Gasteiger partial charge >= 0.3 is 0 Å². The monoisotopic (exact) mass is 806 g/mol. The number of benzene rings is 5. The number of carbonyl (C=O) groups is 3. The second-order valence-electron chi connectivity index (χ2n) is 16.2. The standard InChI is InChI=1S/C48H50N4O6Si/c1-32-46(59(3,4)38-22-20-37(57-2)21-23-38)43(29-45(55)51(25-26-53)31-33-13-7-5-8-14-33)58-48(32)40-28-35(19-24-42(40)52(47(48)56)36-15-9-6-10-16-36)50-44(54)27-34-30-49-41-18-12-11-17-39(34)41/h5-24,28,30,32,43,46,49,53H,25-27,29,31H2,1-4H3,(H,50,54)/t32-,43+,46-,48+/m1/s1. The molecule has 2 aliphatic heterocycles. The van der Waals surface area contributed by atoms with E-state index < -0.39 is 19.8 Å². The van der Waals surface area contributed by atoms with Crippen molar-refractivity contribution in [3.63, 3.8) is 0 Å². The number of fused-ring (bicyclic) bond motifs is 3. The van der Waals surface area contributed by atoms with Gasteiger partial charge in [-0.15, -0.1) is 0 Å². The Kier molecular flexibility index (Phi) is 11.0. The summed E-state index contributed by atoms with van der Waals surface area (Å²) in [6, 6.07) is 40.8. The van der Waals surface area contributed by atoms with Crippen LogP contribution in [0.3, 0.4) is 0 Å². The van der Waals surface area contributed by atoms with Gasteiger partial charge in [-0.25, -0.2) is 0 Å². The number of hydrogen-bond donors (Lipinski definition) is 3. The predicted molar refractivity (Wildman–Crippen MR) is 234 cm³/mol. The van der Waals surface area contributed by atoms with E-state index >= 15 is 4.79 Å². The molecule has 10 nitrogen and oxygen atoms in total. The maximum atomic E-state index is 15.4. The summed E-state index contributed by atoms with van der Waals surface area (Å²) in [5.41, 5.74) is 3.68. The van der Waals surface area contributed by atoms with E-state index in [4.69, 9.17) is 9.47 Å². The smallest absolute Gasteiger partial charge is 0.268 e. The first-order valence-electron chi connectivity index (χ1n) is 20.2. The van der Waals surface area contributed by atoms with Gasteiger partial charge in [0.25, 0.3) is 5.91 Å². The van der Waals surface area contributed by atoms with Crippen LogP contribution in [0, 0.1) is 5.92 Å². The number of amides is 3. The van der Waals surface area contributed by atoms with Crippen molar-refractivity contribution < 1.29 is 29.0 Å². The van der Waals surface area contributed by atoms with E-state index in [-0.39, 0.29) is 55.2 Å². The van der Waals surface area contributed by atoms with E-state index in [1.807, 2.05) is 121 Å². The van der Waals surface area contributed by atoms with E-state index in [1.54, 1.807) is 16.9 Å². The van der Waals surface area contributed by atoms with E-state index in [0.717, 1.165) is 33.0 Å². The minimum absolute atomic E-state index is 0.0190. The molecule has 0 radical (unpaired) electrons. The van der Waals surface area contributed by atoms with Crippen molar-refractivity contribution in [2.75, 3.05) is 30.5 Å². The molecule has 0 saturated carbocycles. The zero-order chi connectivity index (χ0) is 41.3. The number of rotatable bonds is 13. The van der Waals surface area contributed by atoms with Gasteiger partial charge in [-0.05, 0) is 65.2 Å². The van der Waals surface area contributed by atoms with E-state index in [1.165, 1.54) is 0 Å². The third-order valence-electron chi connectivity index (χ3n) is 12.4. The Bertz CT molecular complexity index is 2470. The lowest BCUT2D eigenvalue weighted by Gasteiger charge is -2.37. The van der Waals surface area contributed by atoms with Gasteiger partial charge in [-0.3, -0.25) is 19.3 Å². The van der Waals surface area contributed by atoms with Crippen LogP contribution in [-0.4, -0.2) is 67.2 Å². The Labute approximate surface area is 345 Å². The summed E-state index contributed by atoms with van der Waals surface area (Å²) in [7, 11) is -0.948. The molecule has 0 aliphatic carbocycles. The fraction of sp³-hybridized carbons (Fsp3) is 0.271. The molecule has 3 amide bonds. The third-order valence-corrected chi connectivity index (χ3v) is 16.7. The second-order valence-corrected chi connectivity index (χ2v) is 20.9. The first kappa shape index (κ1) is 39.8. The highest BCUT2D eigenvalue weighted by Gasteiger charge is 2.67. The molecule has 0 unspecified atom stereocenters. The quantitative estimate of drug-likeness (QED) is 0.103. The average molecular weight is 807 g/mol. The van der Waals surface area contributed by atoms with Gasteiger partial charge in [-0.1, -0.05) is 104 Å². The van der Waals surface area contributed by atoms with Crippen LogP contribution in [0.2, 0.25) is 18.6 Å². The van der Waals surface area contributed by atoms with Crippen LogP contribution in [0.15, 0.2) is 134 Å². The van der Waals surface area contributed by atoms with Crippen molar-refractivity contribution in [1.82, 2.24) is 9.88 Å². The largest absolute Gasteiger partial charge is 0.497 e. The molecular weight excluding hydrogens is 757 g/mol. The summed E-state index contributed by atoms with van der Waals surface area (Å²) in [5, 5.41) is 15.3. The van der Waals surface area contributed by atoms with Crippen LogP contribution < -0.4 is 20.1 Å². The molecule has 302 valence electrons. The number of aromatic nitrogens is 1. The van der Waals surface area contributed by atoms with Crippen LogP contribution in [-0.2, 0) is 37.7 Å². The van der Waals surface area contributed by atoms with Crippen molar-refractivity contribution in [3.05, 3.63) is 150 Å². The number of nitrogens with one attached hydrogen (secondary N) is 2. The topological polar surface area (TPSA) is 124 Å². The molecule has 1 spiro atoms. The van der Waals surface area contributed by atoms with Crippen LogP contribution >= 0.6 is 0 Å². The number of anilines is 3. The molecule has 1 fully saturated rings. The summed E-state index contributed by atoms with van der Waals surface area (Å²) in [6.45, 7) is 6.96. The summed E-state index contributed by atoms with van der Waals surface area (Å²) in [6.07, 6.45) is 1.40. The minimum Gasteiger partial charge on any atom is -0.497 e. The normalized spacial score (nSPS) is 19.9. The first-order chi connectivity index (χ1) is 28.5. The number of hydrogen-bond acceptors (Lipinski definition) is 6. The summed E-state index contributed by atoms with van der Waals surface area (Å²) in [5.74, 6) is -0.225. The predicted octanol–water partition coefficient (Wildman–Crippen LogP) is 7.66. The number of aliphatic hydroxyl groups is 1. The van der Waals surface area contributed by atoms with Crippen molar-refractivity contribution in [2.45, 2.75) is 56.7 Å². The minimum atomic E-state index is -2.59. The molecular formula is C48H50N4O6Si. The van der Waals surface area contributed by atoms with Gasteiger partial charge in [0.05, 0.1) is 46.4 Å². The number of para-hydroxylation sites is 2. The lowest BCUT2D eigenvalue weighted by molar-refractivity contribution is -0.149. The fourth-order valence-electron chi connectivity index (χ4n) is 9.52. The van der Waals surface area contributed by atoms with Crippen LogP contribution in [0.4, 0.5) is 17.1 Å². The molecule has 3 heterocycles. The molecule has 0 bridgehead atoms. The third kappa shape index (κ3) is 7.34. The molecule has 1 saturated heterocycles.